The quantitative estimate of drug-likeness (QED) is 0.0222. The highest BCUT2D eigenvalue weighted by atomic mass is 31.2. The Bertz CT molecular complexity index is 1970. The zero-order valence-electron chi connectivity index (χ0n) is 66.5. The summed E-state index contributed by atoms with van der Waals surface area (Å²) in [6.45, 7) is 14.2. The van der Waals surface area contributed by atoms with Gasteiger partial charge in [-0.1, -0.05) is 370 Å². The van der Waals surface area contributed by atoms with Gasteiger partial charge < -0.3 is 33.8 Å². The highest BCUT2D eigenvalue weighted by molar-refractivity contribution is 7.47. The van der Waals surface area contributed by atoms with E-state index in [1.807, 2.05) is 0 Å². The lowest BCUT2D eigenvalue weighted by Gasteiger charge is -2.21. The second-order valence-corrected chi connectivity index (χ2v) is 34.1. The van der Waals surface area contributed by atoms with Crippen molar-refractivity contribution in [2.75, 3.05) is 39.6 Å². The van der Waals surface area contributed by atoms with Gasteiger partial charge in [-0.3, -0.25) is 37.3 Å². The van der Waals surface area contributed by atoms with Crippen LogP contribution in [0.4, 0.5) is 0 Å². The zero-order valence-corrected chi connectivity index (χ0v) is 68.3. The summed E-state index contributed by atoms with van der Waals surface area (Å²) in [5, 5.41) is 10.6. The van der Waals surface area contributed by atoms with Crippen molar-refractivity contribution in [3.63, 3.8) is 0 Å². The first kappa shape index (κ1) is 99.1. The predicted molar refractivity (Wildman–Crippen MR) is 414 cm³/mol. The monoisotopic (exact) mass is 1480 g/mol. The van der Waals surface area contributed by atoms with Gasteiger partial charge in [0.15, 0.2) is 12.2 Å². The summed E-state index contributed by atoms with van der Waals surface area (Å²) in [5.74, 6) is 0.983. The maximum atomic E-state index is 13.1. The number of rotatable bonds is 79. The second kappa shape index (κ2) is 71.0. The van der Waals surface area contributed by atoms with Gasteiger partial charge in [0.05, 0.1) is 26.4 Å². The summed E-state index contributed by atoms with van der Waals surface area (Å²) in [7, 11) is -9.92. The van der Waals surface area contributed by atoms with Crippen LogP contribution in [0.3, 0.4) is 0 Å². The smallest absolute Gasteiger partial charge is 0.462 e. The number of aliphatic hydroxyl groups excluding tert-OH is 1. The number of phosphoric ester groups is 2. The lowest BCUT2D eigenvalue weighted by Crippen LogP contribution is -2.30. The van der Waals surface area contributed by atoms with Gasteiger partial charge in [0, 0.05) is 25.7 Å². The first-order chi connectivity index (χ1) is 48.6. The van der Waals surface area contributed by atoms with Gasteiger partial charge in [0.1, 0.15) is 19.3 Å². The van der Waals surface area contributed by atoms with Crippen molar-refractivity contribution in [3.8, 4) is 0 Å². The van der Waals surface area contributed by atoms with Crippen LogP contribution in [0.15, 0.2) is 0 Å². The Morgan fingerprint density at radius 2 is 0.475 bits per heavy atom. The first-order valence-corrected chi connectivity index (χ1v) is 45.2. The van der Waals surface area contributed by atoms with Gasteiger partial charge in [-0.15, -0.1) is 0 Å². The van der Waals surface area contributed by atoms with Crippen LogP contribution in [0, 0.1) is 23.7 Å². The standard InChI is InChI=1S/C82H160O17P2/c1-9-75(8)61-53-45-37-28-24-20-16-12-10-11-13-17-22-26-30-40-48-56-64-81(86)98-77(68-92-79(84)62-54-46-38-29-25-21-18-14-15-19-23-27-34-42-50-58-72(2)3)70-96-100(88,89)94-66-76(83)67-95-101(90,91)97-71-78(99-82(87)65-57-49-41-33-36-44-52-60-74(6)7)69-93-80(85)63-55-47-39-32-31-35-43-51-59-73(4)5/h72-78,83H,9-71H2,1-8H3,(H,88,89)(H,90,91)/t75?,76?,77-,78-/m1/s1. The molecule has 101 heavy (non-hydrogen) atoms. The minimum atomic E-state index is -4.96. The molecule has 0 fully saturated rings. The Hall–Kier alpha value is -1.94. The average Bonchev–Trinajstić information content (AvgIpc) is 0.932. The van der Waals surface area contributed by atoms with Crippen molar-refractivity contribution in [2.45, 2.75) is 440 Å². The molecule has 17 nitrogen and oxygen atoms in total. The van der Waals surface area contributed by atoms with E-state index in [1.165, 1.54) is 225 Å². The van der Waals surface area contributed by atoms with Crippen LogP contribution in [-0.2, 0) is 65.4 Å². The number of hydrogen-bond donors (Lipinski definition) is 3. The molecule has 0 aliphatic rings. The Morgan fingerprint density at radius 3 is 0.703 bits per heavy atom. The Balaban J connectivity index is 5.20. The third kappa shape index (κ3) is 74.7. The Labute approximate surface area is 619 Å². The van der Waals surface area contributed by atoms with Gasteiger partial charge in [-0.05, 0) is 49.4 Å². The average molecular weight is 1480 g/mol. The van der Waals surface area contributed by atoms with Crippen molar-refractivity contribution in [2.24, 2.45) is 23.7 Å². The van der Waals surface area contributed by atoms with E-state index < -0.39 is 97.5 Å². The van der Waals surface area contributed by atoms with Crippen LogP contribution in [0.2, 0.25) is 0 Å². The summed E-state index contributed by atoms with van der Waals surface area (Å²) in [6, 6.07) is 0. The van der Waals surface area contributed by atoms with E-state index in [0.29, 0.717) is 31.6 Å². The summed E-state index contributed by atoms with van der Waals surface area (Å²) < 4.78 is 68.7. The lowest BCUT2D eigenvalue weighted by atomic mass is 9.99. The molecule has 0 bridgehead atoms. The van der Waals surface area contributed by atoms with Gasteiger partial charge in [-0.25, -0.2) is 9.13 Å². The third-order valence-corrected chi connectivity index (χ3v) is 21.3. The molecule has 4 unspecified atom stereocenters. The van der Waals surface area contributed by atoms with Gasteiger partial charge in [0.25, 0.3) is 0 Å². The highest BCUT2D eigenvalue weighted by Crippen LogP contribution is 2.45. The molecule has 600 valence electrons. The minimum absolute atomic E-state index is 0.103. The number of carbonyl (C=O) groups is 4. The molecule has 0 rings (SSSR count). The van der Waals surface area contributed by atoms with Gasteiger partial charge in [0.2, 0.25) is 0 Å². The fraction of sp³-hybridized carbons (Fsp3) is 0.951. The summed E-state index contributed by atoms with van der Waals surface area (Å²) >= 11 is 0. The fourth-order valence-electron chi connectivity index (χ4n) is 12.6. The molecule has 0 radical (unpaired) electrons. The van der Waals surface area contributed by atoms with E-state index in [4.69, 9.17) is 37.0 Å². The largest absolute Gasteiger partial charge is 0.472 e. The van der Waals surface area contributed by atoms with Crippen molar-refractivity contribution in [1.29, 1.82) is 0 Å². The highest BCUT2D eigenvalue weighted by Gasteiger charge is 2.30. The Kier molecular flexibility index (Phi) is 69.6. The van der Waals surface area contributed by atoms with Crippen LogP contribution < -0.4 is 0 Å². The second-order valence-electron chi connectivity index (χ2n) is 31.2. The fourth-order valence-corrected chi connectivity index (χ4v) is 14.2. The third-order valence-electron chi connectivity index (χ3n) is 19.4. The molecule has 6 atom stereocenters. The number of carbonyl (C=O) groups excluding carboxylic acids is 4. The number of ether oxygens (including phenoxy) is 4. The maximum absolute atomic E-state index is 13.1. The molecule has 0 aliphatic heterocycles. The number of phosphoric acid groups is 2. The molecular formula is C82H160O17P2. The van der Waals surface area contributed by atoms with E-state index >= 15 is 0 Å². The molecule has 0 aliphatic carbocycles. The van der Waals surface area contributed by atoms with E-state index in [2.05, 4.69) is 55.4 Å². The van der Waals surface area contributed by atoms with Crippen LogP contribution in [0.1, 0.15) is 421 Å². The Morgan fingerprint density at radius 1 is 0.277 bits per heavy atom. The molecule has 0 aromatic carbocycles. The molecule has 0 saturated carbocycles. The molecule has 0 saturated heterocycles. The van der Waals surface area contributed by atoms with Crippen LogP contribution in [0.5, 0.6) is 0 Å². The SMILES string of the molecule is CCC(C)CCCCCCCCCCCCCCCCCCCCC(=O)O[C@H](COC(=O)CCCCCCCCCCCCCCCCCC(C)C)COP(=O)(O)OCC(O)COP(=O)(O)OC[C@@H](COC(=O)CCCCCCCCCCC(C)C)OC(=O)CCCCCCCCCC(C)C. The molecular weight excluding hydrogens is 1320 g/mol. The van der Waals surface area contributed by atoms with E-state index in [1.54, 1.807) is 0 Å². The number of hydrogen-bond acceptors (Lipinski definition) is 15. The lowest BCUT2D eigenvalue weighted by molar-refractivity contribution is -0.161. The number of aliphatic hydroxyl groups is 1. The molecule has 0 heterocycles. The molecule has 3 N–H and O–H groups in total. The topological polar surface area (TPSA) is 237 Å². The van der Waals surface area contributed by atoms with Gasteiger partial charge in [-0.2, -0.15) is 0 Å². The van der Waals surface area contributed by atoms with Crippen LogP contribution >= 0.6 is 15.6 Å². The number of esters is 4. The molecule has 0 amide bonds. The maximum Gasteiger partial charge on any atom is 0.472 e. The van der Waals surface area contributed by atoms with Gasteiger partial charge >= 0.3 is 39.5 Å². The number of unbranched alkanes of at least 4 members (excludes halogenated alkanes) is 44. The van der Waals surface area contributed by atoms with E-state index in [9.17, 15) is 43.2 Å². The molecule has 0 aromatic heterocycles. The zero-order chi connectivity index (χ0) is 74.6. The predicted octanol–water partition coefficient (Wildman–Crippen LogP) is 24.4. The van der Waals surface area contributed by atoms with Crippen LogP contribution in [0.25, 0.3) is 0 Å². The van der Waals surface area contributed by atoms with E-state index in [0.717, 1.165) is 108 Å². The summed E-state index contributed by atoms with van der Waals surface area (Å²) in [6.07, 6.45) is 58.5. The van der Waals surface area contributed by atoms with Crippen LogP contribution in [-0.4, -0.2) is 96.7 Å². The molecule has 0 aromatic rings. The minimum Gasteiger partial charge on any atom is -0.462 e. The summed E-state index contributed by atoms with van der Waals surface area (Å²) in [5.41, 5.74) is 0. The van der Waals surface area contributed by atoms with Crippen molar-refractivity contribution < 1.29 is 80.2 Å². The first-order valence-electron chi connectivity index (χ1n) is 42.2. The summed E-state index contributed by atoms with van der Waals surface area (Å²) in [4.78, 5) is 73.0. The van der Waals surface area contributed by atoms with Crippen molar-refractivity contribution in [3.05, 3.63) is 0 Å². The molecule has 19 heteroatoms. The van der Waals surface area contributed by atoms with Crippen molar-refractivity contribution >= 4 is 39.5 Å². The normalized spacial score (nSPS) is 14.3. The van der Waals surface area contributed by atoms with Crippen molar-refractivity contribution in [1.82, 2.24) is 0 Å². The van der Waals surface area contributed by atoms with E-state index in [-0.39, 0.29) is 25.7 Å². The molecule has 0 spiro atoms.